The van der Waals surface area contributed by atoms with Gasteiger partial charge < -0.3 is 5.32 Å². The van der Waals surface area contributed by atoms with Gasteiger partial charge in [0.25, 0.3) is 0 Å². The van der Waals surface area contributed by atoms with Crippen molar-refractivity contribution in [1.82, 2.24) is 5.32 Å². The lowest BCUT2D eigenvalue weighted by Gasteiger charge is -2.24. The quantitative estimate of drug-likeness (QED) is 0.617. The van der Waals surface area contributed by atoms with Gasteiger partial charge in [-0.1, -0.05) is 39.8 Å². The highest BCUT2D eigenvalue weighted by Gasteiger charge is 2.16. The number of hydrogen-bond donors (Lipinski definition) is 1. The predicted octanol–water partition coefficient (Wildman–Crippen LogP) is 2.44. The second-order valence-electron chi connectivity index (χ2n) is 4.14. The normalized spacial score (nSPS) is 15.7. The van der Waals surface area contributed by atoms with Crippen LogP contribution in [0.4, 0.5) is 0 Å². The first-order chi connectivity index (χ1) is 4.98. The van der Waals surface area contributed by atoms with E-state index in [-0.39, 0.29) is 0 Å². The van der Waals surface area contributed by atoms with Gasteiger partial charge in [-0.3, -0.25) is 0 Å². The molecule has 1 nitrogen and oxygen atoms in total. The molecule has 1 N–H and O–H groups in total. The molecule has 0 aromatic rings. The van der Waals surface area contributed by atoms with Crippen LogP contribution in [0, 0.1) is 11.3 Å². The molecule has 11 heavy (non-hydrogen) atoms. The molecule has 0 heterocycles. The van der Waals surface area contributed by atoms with Crippen molar-refractivity contribution in [2.24, 2.45) is 11.3 Å². The maximum absolute atomic E-state index is 3.09. The van der Waals surface area contributed by atoms with Crippen molar-refractivity contribution in [3.8, 4) is 0 Å². The number of likely N-dealkylation sites (N-methyl/N-ethyl adjacent to an activating group) is 1. The van der Waals surface area contributed by atoms with Crippen LogP contribution in [0.15, 0.2) is 12.2 Å². The first-order valence-electron chi connectivity index (χ1n) is 4.29. The molecule has 0 aromatic heterocycles. The van der Waals surface area contributed by atoms with Crippen LogP contribution in [0.1, 0.15) is 27.7 Å². The highest BCUT2D eigenvalue weighted by molar-refractivity contribution is 4.92. The molecule has 0 spiro atoms. The largest absolute Gasteiger partial charge is 0.316 e. The highest BCUT2D eigenvalue weighted by Crippen LogP contribution is 2.25. The standard InChI is InChI=1S/C10H21N/c1-9(10(2,3)4)7-6-8-11-5/h6-7,9,11H,8H2,1-5H3/b7-6+. The zero-order valence-corrected chi connectivity index (χ0v) is 8.44. The van der Waals surface area contributed by atoms with E-state index in [9.17, 15) is 0 Å². The zero-order chi connectivity index (χ0) is 8.91. The SMILES string of the molecule is CNC/C=C/C(C)C(C)(C)C. The van der Waals surface area contributed by atoms with Crippen LogP contribution in [0.25, 0.3) is 0 Å². The number of rotatable bonds is 3. The minimum absolute atomic E-state index is 0.393. The van der Waals surface area contributed by atoms with Crippen molar-refractivity contribution >= 4 is 0 Å². The molecule has 0 saturated heterocycles. The summed E-state index contributed by atoms with van der Waals surface area (Å²) in [5.41, 5.74) is 0.393. The molecule has 1 atom stereocenters. The molecule has 0 aliphatic heterocycles. The summed E-state index contributed by atoms with van der Waals surface area (Å²) in [4.78, 5) is 0. The zero-order valence-electron chi connectivity index (χ0n) is 8.44. The fraction of sp³-hybridized carbons (Fsp3) is 0.800. The number of nitrogens with one attached hydrogen (secondary N) is 1. The monoisotopic (exact) mass is 155 g/mol. The summed E-state index contributed by atoms with van der Waals surface area (Å²) < 4.78 is 0. The molecule has 0 aromatic carbocycles. The number of allylic oxidation sites excluding steroid dienone is 1. The lowest BCUT2D eigenvalue weighted by molar-refractivity contribution is 0.314. The van der Waals surface area contributed by atoms with E-state index in [1.165, 1.54) is 0 Å². The fourth-order valence-electron chi connectivity index (χ4n) is 0.679. The van der Waals surface area contributed by atoms with E-state index in [1.807, 2.05) is 7.05 Å². The first-order valence-corrected chi connectivity index (χ1v) is 4.29. The Labute approximate surface area is 70.9 Å². The molecule has 1 unspecified atom stereocenters. The molecule has 0 rings (SSSR count). The van der Waals surface area contributed by atoms with Gasteiger partial charge in [-0.05, 0) is 18.4 Å². The highest BCUT2D eigenvalue weighted by atomic mass is 14.8. The Kier molecular flexibility index (Phi) is 4.43. The van der Waals surface area contributed by atoms with Crippen LogP contribution in [0.5, 0.6) is 0 Å². The van der Waals surface area contributed by atoms with Crippen LogP contribution in [0.3, 0.4) is 0 Å². The smallest absolute Gasteiger partial charge is 0.0131 e. The van der Waals surface area contributed by atoms with Crippen LogP contribution in [0.2, 0.25) is 0 Å². The average molecular weight is 155 g/mol. The Balaban J connectivity index is 3.77. The summed E-state index contributed by atoms with van der Waals surface area (Å²) in [7, 11) is 1.96. The van der Waals surface area contributed by atoms with E-state index >= 15 is 0 Å². The molecular formula is C10H21N. The molecule has 0 aliphatic rings. The fourth-order valence-corrected chi connectivity index (χ4v) is 0.679. The maximum Gasteiger partial charge on any atom is 0.0131 e. The Hall–Kier alpha value is -0.300. The molecule has 1 heteroatoms. The lowest BCUT2D eigenvalue weighted by atomic mass is 9.82. The Bertz CT molecular complexity index is 119. The third kappa shape index (κ3) is 5.02. The second-order valence-corrected chi connectivity index (χ2v) is 4.14. The van der Waals surface area contributed by atoms with Crippen molar-refractivity contribution in [2.75, 3.05) is 13.6 Å². The molecule has 0 bridgehead atoms. The van der Waals surface area contributed by atoms with E-state index in [1.54, 1.807) is 0 Å². The van der Waals surface area contributed by atoms with Gasteiger partial charge in [0.1, 0.15) is 0 Å². The molecule has 0 fully saturated rings. The first kappa shape index (κ1) is 10.7. The van der Waals surface area contributed by atoms with Crippen molar-refractivity contribution in [3.63, 3.8) is 0 Å². The second kappa shape index (κ2) is 4.55. The van der Waals surface area contributed by atoms with E-state index < -0.39 is 0 Å². The van der Waals surface area contributed by atoms with Crippen molar-refractivity contribution < 1.29 is 0 Å². The van der Waals surface area contributed by atoms with Gasteiger partial charge in [0.05, 0.1) is 0 Å². The van der Waals surface area contributed by atoms with Gasteiger partial charge in [0, 0.05) is 6.54 Å². The molecule has 0 amide bonds. The van der Waals surface area contributed by atoms with E-state index in [4.69, 9.17) is 0 Å². The molecule has 0 saturated carbocycles. The minimum atomic E-state index is 0.393. The van der Waals surface area contributed by atoms with Crippen LogP contribution >= 0.6 is 0 Å². The topological polar surface area (TPSA) is 12.0 Å². The van der Waals surface area contributed by atoms with Gasteiger partial charge in [-0.2, -0.15) is 0 Å². The van der Waals surface area contributed by atoms with E-state index in [0.717, 1.165) is 6.54 Å². The van der Waals surface area contributed by atoms with Crippen molar-refractivity contribution in [2.45, 2.75) is 27.7 Å². The summed E-state index contributed by atoms with van der Waals surface area (Å²) in [6, 6.07) is 0. The summed E-state index contributed by atoms with van der Waals surface area (Å²) in [6.07, 6.45) is 4.46. The Morgan fingerprint density at radius 3 is 2.27 bits per heavy atom. The van der Waals surface area contributed by atoms with E-state index in [2.05, 4.69) is 45.2 Å². The van der Waals surface area contributed by atoms with Crippen LogP contribution in [-0.4, -0.2) is 13.6 Å². The summed E-state index contributed by atoms with van der Waals surface area (Å²) >= 11 is 0. The lowest BCUT2D eigenvalue weighted by Crippen LogP contribution is -2.15. The van der Waals surface area contributed by atoms with Gasteiger partial charge in [-0.15, -0.1) is 0 Å². The van der Waals surface area contributed by atoms with Crippen LogP contribution in [-0.2, 0) is 0 Å². The Morgan fingerprint density at radius 1 is 1.36 bits per heavy atom. The third-order valence-electron chi connectivity index (χ3n) is 2.11. The molecular weight excluding hydrogens is 134 g/mol. The average Bonchev–Trinajstić information content (AvgIpc) is 1.86. The van der Waals surface area contributed by atoms with Crippen LogP contribution < -0.4 is 5.32 Å². The molecule has 66 valence electrons. The predicted molar refractivity (Wildman–Crippen MR) is 51.7 cm³/mol. The summed E-state index contributed by atoms with van der Waals surface area (Å²) in [5.74, 6) is 0.649. The minimum Gasteiger partial charge on any atom is -0.316 e. The summed E-state index contributed by atoms with van der Waals surface area (Å²) in [6.45, 7) is 10.0. The van der Waals surface area contributed by atoms with Crippen molar-refractivity contribution in [1.29, 1.82) is 0 Å². The van der Waals surface area contributed by atoms with Crippen molar-refractivity contribution in [3.05, 3.63) is 12.2 Å². The molecule has 0 aliphatic carbocycles. The summed E-state index contributed by atoms with van der Waals surface area (Å²) in [5, 5.41) is 3.09. The number of hydrogen-bond acceptors (Lipinski definition) is 1. The maximum atomic E-state index is 3.09. The van der Waals surface area contributed by atoms with Gasteiger partial charge in [-0.25, -0.2) is 0 Å². The molecule has 0 radical (unpaired) electrons. The van der Waals surface area contributed by atoms with Gasteiger partial charge in [0.2, 0.25) is 0 Å². The third-order valence-corrected chi connectivity index (χ3v) is 2.11. The Morgan fingerprint density at radius 2 is 1.91 bits per heavy atom. The van der Waals surface area contributed by atoms with E-state index in [0.29, 0.717) is 11.3 Å². The van der Waals surface area contributed by atoms with Gasteiger partial charge >= 0.3 is 0 Å². The van der Waals surface area contributed by atoms with Gasteiger partial charge in [0.15, 0.2) is 0 Å².